The zero-order valence-corrected chi connectivity index (χ0v) is 13.3. The molecule has 1 aromatic heterocycles. The van der Waals surface area contributed by atoms with Gasteiger partial charge in [0.05, 0.1) is 0 Å². The van der Waals surface area contributed by atoms with Crippen LogP contribution in [0.25, 0.3) is 0 Å². The highest BCUT2D eigenvalue weighted by atomic mass is 32.2. The molecule has 0 unspecified atom stereocenters. The van der Waals surface area contributed by atoms with E-state index in [0.717, 1.165) is 11.4 Å². The molecular formula is C15H14N6O2S. The maximum Gasteiger partial charge on any atom is 0.232 e. The van der Waals surface area contributed by atoms with Gasteiger partial charge in [0.2, 0.25) is 22.8 Å². The second kappa shape index (κ2) is 7.38. The topological polar surface area (TPSA) is 109 Å². The number of para-hydroxylation sites is 1. The smallest absolute Gasteiger partial charge is 0.232 e. The lowest BCUT2D eigenvalue weighted by Gasteiger charge is -2.08. The number of benzene rings is 2. The van der Waals surface area contributed by atoms with Crippen molar-refractivity contribution in [1.82, 2.24) is 15.0 Å². The van der Waals surface area contributed by atoms with Crippen molar-refractivity contribution in [3.8, 4) is 0 Å². The Kier molecular flexibility index (Phi) is 4.82. The standard InChI is InChI=1S/C15H14N6O2S/c22-24(23)21-13-8-6-12(7-9-13)19-15-17-10-16-14(20-15)18-11-4-2-1-3-5-11/h1-10,24H,(H,21,22,23)(H2,16,17,18,19,20). The van der Waals surface area contributed by atoms with Gasteiger partial charge in [0, 0.05) is 17.1 Å². The molecule has 0 bridgehead atoms. The molecule has 8 nitrogen and oxygen atoms in total. The number of hydrogen-bond donors (Lipinski definition) is 4. The molecule has 24 heavy (non-hydrogen) atoms. The second-order valence-corrected chi connectivity index (χ2v) is 5.43. The maximum absolute atomic E-state index is 10.6. The summed E-state index contributed by atoms with van der Waals surface area (Å²) in [4.78, 5) is 12.4. The van der Waals surface area contributed by atoms with Gasteiger partial charge in [0.25, 0.3) is 0 Å². The van der Waals surface area contributed by atoms with Gasteiger partial charge in [0.1, 0.15) is 6.33 Å². The first-order chi connectivity index (χ1) is 11.7. The summed E-state index contributed by atoms with van der Waals surface area (Å²) in [5.74, 6) is 0.791. The van der Waals surface area contributed by atoms with Crippen LogP contribution in [0, 0.1) is 0 Å². The zero-order chi connectivity index (χ0) is 16.8. The highest BCUT2D eigenvalue weighted by Crippen LogP contribution is 2.18. The predicted molar refractivity (Wildman–Crippen MR) is 93.2 cm³/mol. The lowest BCUT2D eigenvalue weighted by molar-refractivity contribution is 0.619. The predicted octanol–water partition coefficient (Wildman–Crippen LogP) is 2.30. The Bertz CT molecular complexity index is 876. The van der Waals surface area contributed by atoms with E-state index < -0.39 is 10.9 Å². The number of nitrogens with zero attached hydrogens (tertiary/aromatic N) is 3. The normalized spacial score (nSPS) is 10.4. The van der Waals surface area contributed by atoms with Gasteiger partial charge in [-0.25, -0.2) is 18.4 Å². The van der Waals surface area contributed by atoms with Crippen LogP contribution in [0.2, 0.25) is 0 Å². The summed E-state index contributed by atoms with van der Waals surface area (Å²) in [5, 5.41) is 6.11. The molecule has 0 radical (unpaired) electrons. The van der Waals surface area contributed by atoms with E-state index in [1.54, 1.807) is 24.3 Å². The van der Waals surface area contributed by atoms with Gasteiger partial charge in [-0.3, -0.25) is 4.72 Å². The first-order valence-electron chi connectivity index (χ1n) is 6.98. The Morgan fingerprint density at radius 2 is 1.25 bits per heavy atom. The molecule has 3 aromatic rings. The van der Waals surface area contributed by atoms with E-state index in [4.69, 9.17) is 0 Å². The molecule has 0 atom stereocenters. The molecule has 3 rings (SSSR count). The van der Waals surface area contributed by atoms with Crippen LogP contribution in [0.1, 0.15) is 0 Å². The molecule has 0 aliphatic heterocycles. The summed E-state index contributed by atoms with van der Waals surface area (Å²) in [6.45, 7) is 0. The monoisotopic (exact) mass is 342 g/mol. The van der Waals surface area contributed by atoms with Crippen LogP contribution in [0.15, 0.2) is 60.9 Å². The van der Waals surface area contributed by atoms with Crippen molar-refractivity contribution < 1.29 is 8.42 Å². The van der Waals surface area contributed by atoms with E-state index in [2.05, 4.69) is 30.3 Å². The van der Waals surface area contributed by atoms with E-state index >= 15 is 0 Å². The fourth-order valence-corrected chi connectivity index (χ4v) is 2.29. The van der Waals surface area contributed by atoms with Crippen LogP contribution in [0.4, 0.5) is 29.0 Å². The SMILES string of the molecule is O=[SH](=O)Nc1ccc(Nc2ncnc(Nc3ccccc3)n2)cc1. The van der Waals surface area contributed by atoms with Crippen molar-refractivity contribution in [2.75, 3.05) is 15.4 Å². The Balaban J connectivity index is 1.70. The van der Waals surface area contributed by atoms with Gasteiger partial charge in [-0.15, -0.1) is 0 Å². The maximum atomic E-state index is 10.6. The molecule has 0 saturated heterocycles. The average Bonchev–Trinajstić information content (AvgIpc) is 2.57. The lowest BCUT2D eigenvalue weighted by atomic mass is 10.3. The minimum atomic E-state index is -2.67. The number of anilines is 5. The van der Waals surface area contributed by atoms with Crippen LogP contribution in [-0.2, 0) is 10.9 Å². The van der Waals surface area contributed by atoms with Crippen LogP contribution >= 0.6 is 0 Å². The quantitative estimate of drug-likeness (QED) is 0.509. The van der Waals surface area contributed by atoms with Crippen LogP contribution in [0.5, 0.6) is 0 Å². The molecule has 0 aliphatic rings. The highest BCUT2D eigenvalue weighted by molar-refractivity contribution is 7.73. The number of rotatable bonds is 6. The molecule has 0 spiro atoms. The number of hydrogen-bond acceptors (Lipinski definition) is 7. The molecule has 2 aromatic carbocycles. The third-order valence-electron chi connectivity index (χ3n) is 2.96. The first kappa shape index (κ1) is 15.7. The Labute approximate surface area is 140 Å². The van der Waals surface area contributed by atoms with Gasteiger partial charge in [0.15, 0.2) is 0 Å². The molecule has 0 fully saturated rings. The van der Waals surface area contributed by atoms with Crippen molar-refractivity contribution in [3.63, 3.8) is 0 Å². The summed E-state index contributed by atoms with van der Waals surface area (Å²) in [6.07, 6.45) is 1.40. The molecular weight excluding hydrogens is 328 g/mol. The Morgan fingerprint density at radius 3 is 1.83 bits per heavy atom. The van der Waals surface area contributed by atoms with E-state index in [9.17, 15) is 8.42 Å². The molecule has 0 amide bonds. The first-order valence-corrected chi connectivity index (χ1v) is 8.16. The van der Waals surface area contributed by atoms with Crippen molar-refractivity contribution in [1.29, 1.82) is 0 Å². The summed E-state index contributed by atoms with van der Waals surface area (Å²) in [7, 11) is -2.67. The van der Waals surface area contributed by atoms with Crippen molar-refractivity contribution in [3.05, 3.63) is 60.9 Å². The minimum absolute atomic E-state index is 0.374. The number of nitrogens with one attached hydrogen (secondary N) is 3. The van der Waals surface area contributed by atoms with Crippen LogP contribution < -0.4 is 15.4 Å². The van der Waals surface area contributed by atoms with Gasteiger partial charge < -0.3 is 10.6 Å². The minimum Gasteiger partial charge on any atom is -0.324 e. The Hall–Kier alpha value is -3.20. The number of thiol groups is 1. The van der Waals surface area contributed by atoms with Crippen molar-refractivity contribution in [2.24, 2.45) is 0 Å². The van der Waals surface area contributed by atoms with E-state index in [1.165, 1.54) is 6.33 Å². The highest BCUT2D eigenvalue weighted by Gasteiger charge is 2.02. The Morgan fingerprint density at radius 1 is 0.708 bits per heavy atom. The fourth-order valence-electron chi connectivity index (χ4n) is 1.93. The van der Waals surface area contributed by atoms with E-state index in [-0.39, 0.29) is 0 Å². The summed E-state index contributed by atoms with van der Waals surface area (Å²) >= 11 is 0. The van der Waals surface area contributed by atoms with Crippen LogP contribution in [0.3, 0.4) is 0 Å². The third kappa shape index (κ3) is 4.40. The summed E-state index contributed by atoms with van der Waals surface area (Å²) in [6, 6.07) is 16.3. The molecule has 0 saturated carbocycles. The average molecular weight is 342 g/mol. The van der Waals surface area contributed by atoms with Gasteiger partial charge in [-0.2, -0.15) is 4.98 Å². The largest absolute Gasteiger partial charge is 0.324 e. The number of aromatic nitrogens is 3. The third-order valence-corrected chi connectivity index (χ3v) is 3.40. The second-order valence-electron chi connectivity index (χ2n) is 4.69. The van der Waals surface area contributed by atoms with Gasteiger partial charge >= 0.3 is 0 Å². The molecule has 3 N–H and O–H groups in total. The zero-order valence-electron chi connectivity index (χ0n) is 12.4. The van der Waals surface area contributed by atoms with Crippen molar-refractivity contribution >= 4 is 39.8 Å². The molecule has 9 heteroatoms. The summed E-state index contributed by atoms with van der Waals surface area (Å²) < 4.78 is 23.5. The van der Waals surface area contributed by atoms with Crippen molar-refractivity contribution in [2.45, 2.75) is 0 Å². The lowest BCUT2D eigenvalue weighted by Crippen LogP contribution is -2.02. The summed E-state index contributed by atoms with van der Waals surface area (Å²) in [5.41, 5.74) is 2.08. The van der Waals surface area contributed by atoms with Gasteiger partial charge in [-0.05, 0) is 36.4 Å². The van der Waals surface area contributed by atoms with E-state index in [0.29, 0.717) is 17.6 Å². The molecule has 1 heterocycles. The van der Waals surface area contributed by atoms with Gasteiger partial charge in [-0.1, -0.05) is 18.2 Å². The fraction of sp³-hybridized carbons (Fsp3) is 0. The van der Waals surface area contributed by atoms with E-state index in [1.807, 2.05) is 30.3 Å². The molecule has 122 valence electrons. The molecule has 0 aliphatic carbocycles. The van der Waals surface area contributed by atoms with Crippen LogP contribution in [-0.4, -0.2) is 23.4 Å².